The van der Waals surface area contributed by atoms with Crippen molar-refractivity contribution < 1.29 is 19.4 Å². The topological polar surface area (TPSA) is 98.8 Å². The predicted octanol–water partition coefficient (Wildman–Crippen LogP) is 2.98. The first kappa shape index (κ1) is 22.6. The molecule has 3 heterocycles. The summed E-state index contributed by atoms with van der Waals surface area (Å²) in [5.41, 5.74) is 3.58. The van der Waals surface area contributed by atoms with Gasteiger partial charge < -0.3 is 19.6 Å². The Labute approximate surface area is 191 Å². The van der Waals surface area contributed by atoms with E-state index in [1.165, 1.54) is 12.3 Å². The summed E-state index contributed by atoms with van der Waals surface area (Å²) >= 11 is 0. The molecule has 9 heteroatoms. The zero-order chi connectivity index (χ0) is 23.7. The van der Waals surface area contributed by atoms with Gasteiger partial charge in [-0.3, -0.25) is 14.2 Å². The van der Waals surface area contributed by atoms with Crippen molar-refractivity contribution in [2.24, 2.45) is 0 Å². The lowest BCUT2D eigenvalue weighted by molar-refractivity contribution is 0.0694. The predicted molar refractivity (Wildman–Crippen MR) is 124 cm³/mol. The molecule has 3 aromatic rings. The highest BCUT2D eigenvalue weighted by atomic mass is 16.5. The van der Waals surface area contributed by atoms with Crippen molar-refractivity contribution in [1.82, 2.24) is 14.5 Å². The van der Waals surface area contributed by atoms with Crippen molar-refractivity contribution in [3.8, 4) is 28.1 Å². The Bertz CT molecular complexity index is 1240. The lowest BCUT2D eigenvalue weighted by Gasteiger charge is -2.38. The number of pyridine rings is 1. The van der Waals surface area contributed by atoms with Crippen LogP contribution < -0.4 is 15.2 Å². The van der Waals surface area contributed by atoms with Crippen molar-refractivity contribution >= 4 is 5.97 Å². The zero-order valence-corrected chi connectivity index (χ0v) is 19.2. The molecule has 2 aromatic heterocycles. The minimum Gasteiger partial charge on any atom is -0.496 e. The maximum atomic E-state index is 12.5. The Morgan fingerprint density at radius 2 is 1.97 bits per heavy atom. The summed E-state index contributed by atoms with van der Waals surface area (Å²) in [6.07, 6.45) is 6.08. The van der Waals surface area contributed by atoms with Crippen LogP contribution in [0.4, 0.5) is 0 Å². The van der Waals surface area contributed by atoms with Crippen molar-refractivity contribution in [2.75, 3.05) is 25.8 Å². The highest BCUT2D eigenvalue weighted by molar-refractivity contribution is 5.88. The molecule has 174 valence electrons. The molecule has 0 fully saturated rings. The van der Waals surface area contributed by atoms with E-state index in [0.717, 1.165) is 35.2 Å². The van der Waals surface area contributed by atoms with E-state index in [9.17, 15) is 14.7 Å². The summed E-state index contributed by atoms with van der Waals surface area (Å²) in [5, 5.41) is 15.9. The third-order valence-electron chi connectivity index (χ3n) is 5.85. The molecule has 0 amide bonds. The highest BCUT2D eigenvalue weighted by Crippen LogP contribution is 2.39. The molecule has 0 radical (unpaired) electrons. The molecule has 9 nitrogen and oxygen atoms in total. The highest BCUT2D eigenvalue weighted by Gasteiger charge is 2.27. The lowest BCUT2D eigenvalue weighted by atomic mass is 9.95. The monoisotopic (exact) mass is 452 g/mol. The fourth-order valence-corrected chi connectivity index (χ4v) is 4.16. The van der Waals surface area contributed by atoms with Gasteiger partial charge in [0.05, 0.1) is 25.5 Å². The number of carboxylic acid groups (broad SMARTS) is 1. The van der Waals surface area contributed by atoms with Gasteiger partial charge in [-0.15, -0.1) is 0 Å². The number of benzene rings is 1. The standard InChI is InChI=1S/C24H28N4O5/c1-15(2)27-13-16-8-19(17-11-25-26(12-17)6-5-7-32-3)23(33-4)9-18(16)21-10-22(29)20(24(30)31)14-28(21)27/h8-12,14-15H,5-7,13H2,1-4H3,(H,30,31). The molecule has 33 heavy (non-hydrogen) atoms. The quantitative estimate of drug-likeness (QED) is 0.525. The third kappa shape index (κ3) is 4.23. The van der Waals surface area contributed by atoms with Gasteiger partial charge in [0.2, 0.25) is 0 Å². The number of carbonyl (C=O) groups is 1. The number of methoxy groups -OCH3 is 2. The molecule has 0 unspecified atom stereocenters. The van der Waals surface area contributed by atoms with Crippen LogP contribution in [0.5, 0.6) is 5.75 Å². The van der Waals surface area contributed by atoms with E-state index >= 15 is 0 Å². The van der Waals surface area contributed by atoms with Crippen molar-refractivity contribution in [3.63, 3.8) is 0 Å². The van der Waals surface area contributed by atoms with Gasteiger partial charge in [-0.05, 0) is 38.0 Å². The molecule has 0 saturated carbocycles. The summed E-state index contributed by atoms with van der Waals surface area (Å²) in [4.78, 5) is 24.1. The van der Waals surface area contributed by atoms with Crippen LogP contribution in [0, 0.1) is 0 Å². The Kier molecular flexibility index (Phi) is 6.24. The Balaban J connectivity index is 1.82. The van der Waals surface area contributed by atoms with E-state index in [0.29, 0.717) is 24.6 Å². The average Bonchev–Trinajstić information content (AvgIpc) is 3.25. The Hall–Kier alpha value is -3.59. The van der Waals surface area contributed by atoms with E-state index in [1.54, 1.807) is 18.9 Å². The molecular weight excluding hydrogens is 424 g/mol. The van der Waals surface area contributed by atoms with Gasteiger partial charge in [0.15, 0.2) is 5.43 Å². The largest absolute Gasteiger partial charge is 0.496 e. The maximum Gasteiger partial charge on any atom is 0.341 e. The average molecular weight is 453 g/mol. The first-order chi connectivity index (χ1) is 15.8. The zero-order valence-electron chi connectivity index (χ0n) is 19.2. The summed E-state index contributed by atoms with van der Waals surface area (Å²) in [6, 6.07) is 5.45. The first-order valence-corrected chi connectivity index (χ1v) is 10.8. The Morgan fingerprint density at radius 3 is 2.64 bits per heavy atom. The third-order valence-corrected chi connectivity index (χ3v) is 5.85. The summed E-state index contributed by atoms with van der Waals surface area (Å²) in [7, 11) is 3.29. The number of fused-ring (bicyclic) bond motifs is 3. The van der Waals surface area contributed by atoms with Crippen molar-refractivity contribution in [3.05, 3.63) is 58.1 Å². The molecule has 0 atom stereocenters. The summed E-state index contributed by atoms with van der Waals surface area (Å²) in [5.74, 6) is -0.579. The number of aryl methyl sites for hydroxylation is 1. The van der Waals surface area contributed by atoms with E-state index in [-0.39, 0.29) is 11.6 Å². The van der Waals surface area contributed by atoms with Gasteiger partial charge in [0, 0.05) is 61.5 Å². The number of carboxylic acids is 1. The van der Waals surface area contributed by atoms with Crippen molar-refractivity contribution in [1.29, 1.82) is 0 Å². The summed E-state index contributed by atoms with van der Waals surface area (Å²) < 4.78 is 14.5. The number of hydrogen-bond acceptors (Lipinski definition) is 6. The number of rotatable bonds is 8. The van der Waals surface area contributed by atoms with Crippen LogP contribution in [0.25, 0.3) is 22.4 Å². The SMILES string of the molecule is COCCCn1cc(-c2cc3c(cc2OC)-c2cc(=O)c(C(=O)O)cn2N(C(C)C)C3)cn1. The molecule has 1 aliphatic heterocycles. The number of hydrogen-bond donors (Lipinski definition) is 1. The second kappa shape index (κ2) is 9.11. The summed E-state index contributed by atoms with van der Waals surface area (Å²) in [6.45, 7) is 6.04. The van der Waals surface area contributed by atoms with Crippen molar-refractivity contribution in [2.45, 2.75) is 39.4 Å². The number of aromatic carboxylic acids is 1. The number of nitrogens with zero attached hydrogens (tertiary/aromatic N) is 4. The molecule has 0 aliphatic carbocycles. The smallest absolute Gasteiger partial charge is 0.341 e. The number of aromatic nitrogens is 3. The first-order valence-electron chi connectivity index (χ1n) is 10.8. The molecule has 1 aliphatic rings. The maximum absolute atomic E-state index is 12.5. The minimum atomic E-state index is -1.24. The van der Waals surface area contributed by atoms with Gasteiger partial charge >= 0.3 is 5.97 Å². The molecule has 4 rings (SSSR count). The van der Waals surface area contributed by atoms with E-state index in [1.807, 2.05) is 42.0 Å². The lowest BCUT2D eigenvalue weighted by Crippen LogP contribution is -2.44. The molecule has 0 bridgehead atoms. The van der Waals surface area contributed by atoms with Gasteiger partial charge in [-0.1, -0.05) is 0 Å². The normalized spacial score (nSPS) is 12.6. The van der Waals surface area contributed by atoms with Crippen LogP contribution in [0.15, 0.2) is 41.6 Å². The molecular formula is C24H28N4O5. The van der Waals surface area contributed by atoms with E-state index < -0.39 is 11.4 Å². The van der Waals surface area contributed by atoms with Gasteiger partial charge in [0.1, 0.15) is 11.3 Å². The van der Waals surface area contributed by atoms with Crippen LogP contribution in [0.3, 0.4) is 0 Å². The van der Waals surface area contributed by atoms with E-state index in [2.05, 4.69) is 11.2 Å². The van der Waals surface area contributed by atoms with Gasteiger partial charge in [-0.2, -0.15) is 5.10 Å². The molecule has 0 spiro atoms. The molecule has 1 N–H and O–H groups in total. The van der Waals surface area contributed by atoms with Crippen LogP contribution >= 0.6 is 0 Å². The second-order valence-corrected chi connectivity index (χ2v) is 8.33. The van der Waals surface area contributed by atoms with Crippen LogP contribution in [0.1, 0.15) is 36.2 Å². The van der Waals surface area contributed by atoms with Gasteiger partial charge in [0.25, 0.3) is 0 Å². The Morgan fingerprint density at radius 1 is 1.18 bits per heavy atom. The van der Waals surface area contributed by atoms with Crippen LogP contribution in [-0.2, 0) is 17.8 Å². The number of ether oxygens (including phenoxy) is 2. The van der Waals surface area contributed by atoms with Crippen LogP contribution in [0.2, 0.25) is 0 Å². The van der Waals surface area contributed by atoms with Crippen LogP contribution in [-0.4, -0.2) is 52.4 Å². The van der Waals surface area contributed by atoms with Gasteiger partial charge in [-0.25, -0.2) is 4.79 Å². The fourth-order valence-electron chi connectivity index (χ4n) is 4.16. The van der Waals surface area contributed by atoms with E-state index in [4.69, 9.17) is 9.47 Å². The molecule has 0 saturated heterocycles. The second-order valence-electron chi connectivity index (χ2n) is 8.33. The minimum absolute atomic E-state index is 0.0788. The fraction of sp³-hybridized carbons (Fsp3) is 0.375. The molecule has 1 aromatic carbocycles.